The zero-order valence-electron chi connectivity index (χ0n) is 18.7. The van der Waals surface area contributed by atoms with Gasteiger partial charge >= 0.3 is 0 Å². The van der Waals surface area contributed by atoms with Crippen molar-refractivity contribution in [1.29, 1.82) is 0 Å². The molecule has 160 valence electrons. The lowest BCUT2D eigenvalue weighted by Gasteiger charge is -2.40. The van der Waals surface area contributed by atoms with Crippen molar-refractivity contribution in [2.45, 2.75) is 33.1 Å². The number of ether oxygens (including phenoxy) is 1. The van der Waals surface area contributed by atoms with Crippen molar-refractivity contribution in [1.82, 2.24) is 9.97 Å². The predicted molar refractivity (Wildman–Crippen MR) is 128 cm³/mol. The van der Waals surface area contributed by atoms with Crippen molar-refractivity contribution in [2.24, 2.45) is 0 Å². The highest BCUT2D eigenvalue weighted by molar-refractivity contribution is 5.70. The van der Waals surface area contributed by atoms with Crippen LogP contribution in [-0.2, 0) is 5.41 Å². The maximum Gasteiger partial charge on any atom is 0.242 e. The Morgan fingerprint density at radius 1 is 0.719 bits per heavy atom. The van der Waals surface area contributed by atoms with Crippen LogP contribution in [-0.4, -0.2) is 9.97 Å². The van der Waals surface area contributed by atoms with Crippen LogP contribution >= 0.6 is 0 Å². The molecule has 0 fully saturated rings. The van der Waals surface area contributed by atoms with Gasteiger partial charge < -0.3 is 16.2 Å². The molecule has 0 atom stereocenters. The Kier molecular flexibility index (Phi) is 4.45. The number of hydrogen-bond donors (Lipinski definition) is 2. The quantitative estimate of drug-likeness (QED) is 0.374. The van der Waals surface area contributed by atoms with Gasteiger partial charge in [0.15, 0.2) is 0 Å². The van der Waals surface area contributed by atoms with Crippen LogP contribution in [0.4, 0.5) is 11.4 Å². The molecule has 0 spiro atoms. The average molecular weight is 423 g/mol. The van der Waals surface area contributed by atoms with Crippen LogP contribution in [0, 0.1) is 27.7 Å². The second-order valence-electron chi connectivity index (χ2n) is 8.61. The summed E-state index contributed by atoms with van der Waals surface area (Å²) in [6.45, 7) is 8.17. The Balaban J connectivity index is 2.01. The minimum Gasteiger partial charge on any atom is -0.437 e. The number of fused-ring (bicyclic) bond motifs is 2. The van der Waals surface area contributed by atoms with Gasteiger partial charge in [-0.1, -0.05) is 42.5 Å². The van der Waals surface area contributed by atoms with E-state index >= 15 is 0 Å². The molecular formula is C27H26N4O. The smallest absolute Gasteiger partial charge is 0.242 e. The predicted octanol–water partition coefficient (Wildman–Crippen LogP) is 5.36. The Bertz CT molecular complexity index is 1220. The van der Waals surface area contributed by atoms with Gasteiger partial charge in [0.05, 0.1) is 5.41 Å². The van der Waals surface area contributed by atoms with Crippen molar-refractivity contribution in [3.8, 4) is 11.6 Å². The first-order chi connectivity index (χ1) is 15.3. The first-order valence-corrected chi connectivity index (χ1v) is 10.7. The topological polar surface area (TPSA) is 87.0 Å². The molecule has 4 N–H and O–H groups in total. The molecule has 0 saturated heterocycles. The fourth-order valence-electron chi connectivity index (χ4n) is 4.89. The molecule has 0 unspecified atom stereocenters. The summed E-state index contributed by atoms with van der Waals surface area (Å²) >= 11 is 0. The summed E-state index contributed by atoms with van der Waals surface area (Å²) in [7, 11) is 0. The van der Waals surface area contributed by atoms with E-state index in [0.717, 1.165) is 61.8 Å². The second kappa shape index (κ2) is 7.09. The van der Waals surface area contributed by atoms with Crippen LogP contribution in [0.1, 0.15) is 44.6 Å². The molecule has 0 saturated carbocycles. The van der Waals surface area contributed by atoms with E-state index in [1.54, 1.807) is 12.4 Å². The van der Waals surface area contributed by atoms with Gasteiger partial charge in [-0.3, -0.25) is 4.98 Å². The van der Waals surface area contributed by atoms with Gasteiger partial charge in [-0.25, -0.2) is 4.98 Å². The van der Waals surface area contributed by atoms with Gasteiger partial charge in [-0.05, 0) is 67.1 Å². The van der Waals surface area contributed by atoms with Gasteiger partial charge in [0.25, 0.3) is 0 Å². The Labute approximate surface area is 188 Å². The number of rotatable bonds is 2. The summed E-state index contributed by atoms with van der Waals surface area (Å²) in [6.07, 6.45) is 3.38. The van der Waals surface area contributed by atoms with Crippen molar-refractivity contribution in [3.05, 3.63) is 106 Å². The van der Waals surface area contributed by atoms with E-state index in [1.165, 1.54) is 0 Å². The summed E-state index contributed by atoms with van der Waals surface area (Å²) in [5, 5.41) is 0. The molecule has 1 aliphatic rings. The highest BCUT2D eigenvalue weighted by atomic mass is 16.5. The van der Waals surface area contributed by atoms with Crippen molar-refractivity contribution in [3.63, 3.8) is 0 Å². The van der Waals surface area contributed by atoms with Crippen LogP contribution in [0.2, 0.25) is 0 Å². The molecular weight excluding hydrogens is 396 g/mol. The lowest BCUT2D eigenvalue weighted by Crippen LogP contribution is -2.36. The van der Waals surface area contributed by atoms with Crippen LogP contribution in [0.5, 0.6) is 11.6 Å². The minimum atomic E-state index is -0.731. The Hall–Kier alpha value is -3.86. The lowest BCUT2D eigenvalue weighted by molar-refractivity contribution is 0.409. The highest BCUT2D eigenvalue weighted by Gasteiger charge is 2.47. The number of hydrogen-bond acceptors (Lipinski definition) is 5. The molecule has 0 amide bonds. The highest BCUT2D eigenvalue weighted by Crippen LogP contribution is 2.54. The molecule has 1 aromatic heterocycles. The van der Waals surface area contributed by atoms with Crippen LogP contribution in [0.15, 0.2) is 60.9 Å². The molecule has 2 heterocycles. The first-order valence-electron chi connectivity index (χ1n) is 10.7. The number of para-hydroxylation sites is 1. The van der Waals surface area contributed by atoms with E-state index in [4.69, 9.17) is 21.2 Å². The standard InChI is InChI=1S/C27H26N4O/c1-15-11-19(12-16(2)23(15)28)27(20-13-17(3)24(29)18(4)14-20)21-7-5-6-8-22(21)32-26-25(27)30-9-10-31-26/h5-14H,28-29H2,1-4H3. The van der Waals surface area contributed by atoms with E-state index in [1.807, 2.05) is 45.9 Å². The van der Waals surface area contributed by atoms with E-state index in [-0.39, 0.29) is 0 Å². The van der Waals surface area contributed by atoms with Crippen LogP contribution in [0.25, 0.3) is 0 Å². The van der Waals surface area contributed by atoms with Gasteiger partial charge in [0.2, 0.25) is 5.88 Å². The number of nitrogens with two attached hydrogens (primary N) is 2. The summed E-state index contributed by atoms with van der Waals surface area (Å²) < 4.78 is 6.22. The zero-order chi connectivity index (χ0) is 22.6. The number of aryl methyl sites for hydroxylation is 4. The number of nitrogens with zero attached hydrogens (tertiary/aromatic N) is 2. The van der Waals surface area contributed by atoms with Crippen LogP contribution in [0.3, 0.4) is 0 Å². The third-order valence-corrected chi connectivity index (χ3v) is 6.57. The molecule has 5 heteroatoms. The minimum absolute atomic E-state index is 0.505. The summed E-state index contributed by atoms with van der Waals surface area (Å²) in [5.41, 5.74) is 21.6. The number of benzene rings is 3. The van der Waals surface area contributed by atoms with Gasteiger partial charge in [0.1, 0.15) is 11.4 Å². The maximum absolute atomic E-state index is 6.35. The Morgan fingerprint density at radius 3 is 1.78 bits per heavy atom. The molecule has 0 aliphatic carbocycles. The lowest BCUT2D eigenvalue weighted by atomic mass is 9.65. The third kappa shape index (κ3) is 2.71. The number of aromatic nitrogens is 2. The molecule has 1 aliphatic heterocycles. The Morgan fingerprint density at radius 2 is 1.22 bits per heavy atom. The fraction of sp³-hybridized carbons (Fsp3) is 0.185. The van der Waals surface area contributed by atoms with E-state index < -0.39 is 5.41 Å². The fourth-order valence-corrected chi connectivity index (χ4v) is 4.89. The number of anilines is 2. The van der Waals surface area contributed by atoms with Gasteiger partial charge in [-0.15, -0.1) is 0 Å². The molecule has 5 nitrogen and oxygen atoms in total. The largest absolute Gasteiger partial charge is 0.437 e. The molecule has 32 heavy (non-hydrogen) atoms. The monoisotopic (exact) mass is 422 g/mol. The van der Waals surface area contributed by atoms with E-state index in [0.29, 0.717) is 5.88 Å². The van der Waals surface area contributed by atoms with Gasteiger partial charge in [0, 0.05) is 29.3 Å². The number of nitrogen functional groups attached to an aromatic ring is 2. The SMILES string of the molecule is Cc1cc(C2(c3cc(C)c(N)c(C)c3)c3ccccc3Oc3nccnc32)cc(C)c1N. The third-order valence-electron chi connectivity index (χ3n) is 6.57. The molecule has 4 aromatic rings. The van der Waals surface area contributed by atoms with Crippen molar-refractivity contribution >= 4 is 11.4 Å². The molecule has 0 radical (unpaired) electrons. The zero-order valence-corrected chi connectivity index (χ0v) is 18.7. The normalized spacial score (nSPS) is 13.8. The maximum atomic E-state index is 6.35. The van der Waals surface area contributed by atoms with E-state index in [2.05, 4.69) is 35.3 Å². The van der Waals surface area contributed by atoms with Crippen molar-refractivity contribution < 1.29 is 4.74 Å². The molecule has 0 bridgehead atoms. The molecule has 3 aromatic carbocycles. The van der Waals surface area contributed by atoms with Gasteiger partial charge in [-0.2, -0.15) is 0 Å². The summed E-state index contributed by atoms with van der Waals surface area (Å²) in [5.74, 6) is 1.27. The van der Waals surface area contributed by atoms with E-state index in [9.17, 15) is 0 Å². The summed E-state index contributed by atoms with van der Waals surface area (Å²) in [6, 6.07) is 16.7. The van der Waals surface area contributed by atoms with Crippen molar-refractivity contribution in [2.75, 3.05) is 11.5 Å². The molecule has 5 rings (SSSR count). The first kappa shape index (κ1) is 20.1. The summed E-state index contributed by atoms with van der Waals surface area (Å²) in [4.78, 5) is 9.39. The second-order valence-corrected chi connectivity index (χ2v) is 8.61. The average Bonchev–Trinajstić information content (AvgIpc) is 2.78. The van der Waals surface area contributed by atoms with Crippen LogP contribution < -0.4 is 16.2 Å².